The van der Waals surface area contributed by atoms with Crippen LogP contribution in [-0.2, 0) is 21.4 Å². The summed E-state index contributed by atoms with van der Waals surface area (Å²) in [5.74, 6) is 0.190. The number of nitrogens with zero attached hydrogens (tertiary/aromatic N) is 1. The molecule has 1 fully saturated rings. The molecule has 1 saturated heterocycles. The summed E-state index contributed by atoms with van der Waals surface area (Å²) in [6.07, 6.45) is 2.91. The Morgan fingerprint density at radius 1 is 1.31 bits per heavy atom. The van der Waals surface area contributed by atoms with E-state index in [1.165, 1.54) is 4.31 Å². The van der Waals surface area contributed by atoms with E-state index in [-0.39, 0.29) is 18.4 Å². The van der Waals surface area contributed by atoms with Gasteiger partial charge in [0.05, 0.1) is 23.6 Å². The second-order valence-electron chi connectivity index (χ2n) is 6.77. The minimum absolute atomic E-state index is 0.137. The maximum atomic E-state index is 13.1. The largest absolute Gasteiger partial charge is 0.467 e. The molecule has 1 aromatic heterocycles. The van der Waals surface area contributed by atoms with Gasteiger partial charge in [0.15, 0.2) is 0 Å². The minimum atomic E-state index is -3.60. The van der Waals surface area contributed by atoms with Crippen LogP contribution in [0.1, 0.15) is 29.7 Å². The van der Waals surface area contributed by atoms with E-state index in [1.807, 2.05) is 19.1 Å². The molecule has 26 heavy (non-hydrogen) atoms. The fourth-order valence-electron chi connectivity index (χ4n) is 3.23. The monoisotopic (exact) mass is 376 g/mol. The molecule has 1 amide bonds. The molecule has 1 aromatic carbocycles. The van der Waals surface area contributed by atoms with Crippen LogP contribution >= 0.6 is 0 Å². The predicted molar refractivity (Wildman–Crippen MR) is 98.0 cm³/mol. The molecular formula is C19H24N2O4S. The van der Waals surface area contributed by atoms with Gasteiger partial charge in [-0.3, -0.25) is 4.79 Å². The van der Waals surface area contributed by atoms with Gasteiger partial charge in [-0.2, -0.15) is 4.31 Å². The first kappa shape index (κ1) is 18.7. The lowest BCUT2D eigenvalue weighted by Crippen LogP contribution is -2.45. The standard InChI is InChI=1S/C19H24N2O4S/c1-14-7-8-15(2)18(11-14)26(23,24)21-9-3-5-16(13-21)19(22)20-12-17-6-4-10-25-17/h4,6-8,10-11,16H,3,5,9,12-13H2,1-2H3,(H,20,22)/t16-/m1/s1. The van der Waals surface area contributed by atoms with Crippen molar-refractivity contribution in [1.29, 1.82) is 0 Å². The third-order valence-corrected chi connectivity index (χ3v) is 6.74. The van der Waals surface area contributed by atoms with Gasteiger partial charge in [-0.25, -0.2) is 8.42 Å². The van der Waals surface area contributed by atoms with E-state index in [1.54, 1.807) is 31.4 Å². The number of amides is 1. The molecule has 0 aliphatic carbocycles. The number of benzene rings is 1. The summed E-state index contributed by atoms with van der Waals surface area (Å²) in [6, 6.07) is 8.97. The summed E-state index contributed by atoms with van der Waals surface area (Å²) in [6.45, 7) is 4.63. The Labute approximate surface area is 154 Å². The summed E-state index contributed by atoms with van der Waals surface area (Å²) in [4.78, 5) is 12.8. The molecule has 6 nitrogen and oxygen atoms in total. The second-order valence-corrected chi connectivity index (χ2v) is 8.67. The van der Waals surface area contributed by atoms with E-state index >= 15 is 0 Å². The van der Waals surface area contributed by atoms with E-state index in [2.05, 4.69) is 5.32 Å². The highest BCUT2D eigenvalue weighted by molar-refractivity contribution is 7.89. The third kappa shape index (κ3) is 3.99. The Kier molecular flexibility index (Phi) is 5.48. The van der Waals surface area contributed by atoms with Gasteiger partial charge in [0.2, 0.25) is 15.9 Å². The molecule has 1 atom stereocenters. The lowest BCUT2D eigenvalue weighted by Gasteiger charge is -2.31. The Morgan fingerprint density at radius 2 is 2.12 bits per heavy atom. The molecule has 0 unspecified atom stereocenters. The summed E-state index contributed by atoms with van der Waals surface area (Å²) in [7, 11) is -3.60. The van der Waals surface area contributed by atoms with Crippen molar-refractivity contribution in [2.45, 2.75) is 38.1 Å². The summed E-state index contributed by atoms with van der Waals surface area (Å²) >= 11 is 0. The molecule has 1 aliphatic rings. The molecule has 2 heterocycles. The van der Waals surface area contributed by atoms with Crippen LogP contribution in [0.25, 0.3) is 0 Å². The van der Waals surface area contributed by atoms with Crippen molar-refractivity contribution in [1.82, 2.24) is 9.62 Å². The molecular weight excluding hydrogens is 352 g/mol. The van der Waals surface area contributed by atoms with Crippen LogP contribution in [0.15, 0.2) is 45.9 Å². The van der Waals surface area contributed by atoms with Gasteiger partial charge in [0.25, 0.3) is 0 Å². The van der Waals surface area contributed by atoms with Gasteiger partial charge in [0.1, 0.15) is 5.76 Å². The Balaban J connectivity index is 1.71. The van der Waals surface area contributed by atoms with Gasteiger partial charge in [-0.05, 0) is 56.0 Å². The molecule has 140 valence electrons. The Morgan fingerprint density at radius 3 is 2.85 bits per heavy atom. The van der Waals surface area contributed by atoms with Gasteiger partial charge in [-0.15, -0.1) is 0 Å². The zero-order valence-electron chi connectivity index (χ0n) is 15.1. The molecule has 7 heteroatoms. The molecule has 0 spiro atoms. The van der Waals surface area contributed by atoms with Crippen molar-refractivity contribution in [3.05, 3.63) is 53.5 Å². The predicted octanol–water partition coefficient (Wildman–Crippen LogP) is 2.61. The van der Waals surface area contributed by atoms with Gasteiger partial charge in [-0.1, -0.05) is 12.1 Å². The Bertz CT molecular complexity index is 875. The van der Waals surface area contributed by atoms with Crippen molar-refractivity contribution >= 4 is 15.9 Å². The van der Waals surface area contributed by atoms with E-state index in [0.717, 1.165) is 11.1 Å². The van der Waals surface area contributed by atoms with E-state index in [4.69, 9.17) is 4.42 Å². The maximum absolute atomic E-state index is 13.1. The first-order valence-corrected chi connectivity index (χ1v) is 10.2. The maximum Gasteiger partial charge on any atom is 0.243 e. The fraction of sp³-hybridized carbons (Fsp3) is 0.421. The first-order valence-electron chi connectivity index (χ1n) is 8.75. The number of piperidine rings is 1. The first-order chi connectivity index (χ1) is 12.4. The summed E-state index contributed by atoms with van der Waals surface area (Å²) < 4.78 is 32.8. The van der Waals surface area contributed by atoms with Crippen molar-refractivity contribution in [3.63, 3.8) is 0 Å². The number of aryl methyl sites for hydroxylation is 2. The highest BCUT2D eigenvalue weighted by Crippen LogP contribution is 2.26. The molecule has 0 saturated carbocycles. The number of hydrogen-bond acceptors (Lipinski definition) is 4. The lowest BCUT2D eigenvalue weighted by molar-refractivity contribution is -0.126. The molecule has 2 aromatic rings. The quantitative estimate of drug-likeness (QED) is 0.870. The van der Waals surface area contributed by atoms with Crippen molar-refractivity contribution < 1.29 is 17.6 Å². The zero-order chi connectivity index (χ0) is 18.7. The molecule has 0 bridgehead atoms. The molecule has 3 rings (SSSR count). The summed E-state index contributed by atoms with van der Waals surface area (Å²) in [5, 5.41) is 2.83. The second kappa shape index (κ2) is 7.63. The average molecular weight is 376 g/mol. The number of hydrogen-bond donors (Lipinski definition) is 1. The Hall–Kier alpha value is -2.12. The third-order valence-electron chi connectivity index (χ3n) is 4.73. The average Bonchev–Trinajstić information content (AvgIpc) is 3.15. The number of nitrogens with one attached hydrogen (secondary N) is 1. The fourth-order valence-corrected chi connectivity index (χ4v) is 5.06. The van der Waals surface area contributed by atoms with E-state index in [9.17, 15) is 13.2 Å². The zero-order valence-corrected chi connectivity index (χ0v) is 15.9. The normalized spacial score (nSPS) is 18.6. The molecule has 0 radical (unpaired) electrons. The molecule has 1 N–H and O–H groups in total. The van der Waals surface area contributed by atoms with E-state index in [0.29, 0.717) is 36.6 Å². The van der Waals surface area contributed by atoms with E-state index < -0.39 is 10.0 Å². The van der Waals surface area contributed by atoms with Crippen LogP contribution in [-0.4, -0.2) is 31.7 Å². The van der Waals surface area contributed by atoms with Crippen LogP contribution in [0, 0.1) is 19.8 Å². The van der Waals surface area contributed by atoms with Crippen LogP contribution in [0.3, 0.4) is 0 Å². The van der Waals surface area contributed by atoms with Gasteiger partial charge in [0, 0.05) is 13.1 Å². The van der Waals surface area contributed by atoms with Crippen molar-refractivity contribution in [2.75, 3.05) is 13.1 Å². The molecule has 1 aliphatic heterocycles. The number of rotatable bonds is 5. The summed E-state index contributed by atoms with van der Waals surface area (Å²) in [5.41, 5.74) is 1.62. The highest BCUT2D eigenvalue weighted by Gasteiger charge is 2.34. The number of furan rings is 1. The van der Waals surface area contributed by atoms with Crippen LogP contribution in [0.4, 0.5) is 0 Å². The topological polar surface area (TPSA) is 79.6 Å². The number of carbonyl (C=O) groups excluding carboxylic acids is 1. The van der Waals surface area contributed by atoms with Gasteiger partial charge < -0.3 is 9.73 Å². The highest BCUT2D eigenvalue weighted by atomic mass is 32.2. The number of carbonyl (C=O) groups is 1. The van der Waals surface area contributed by atoms with Crippen LogP contribution < -0.4 is 5.32 Å². The van der Waals surface area contributed by atoms with Crippen LogP contribution in [0.2, 0.25) is 0 Å². The van der Waals surface area contributed by atoms with Crippen LogP contribution in [0.5, 0.6) is 0 Å². The van der Waals surface area contributed by atoms with Gasteiger partial charge >= 0.3 is 0 Å². The number of sulfonamides is 1. The minimum Gasteiger partial charge on any atom is -0.467 e. The van der Waals surface area contributed by atoms with Crippen molar-refractivity contribution in [2.24, 2.45) is 5.92 Å². The lowest BCUT2D eigenvalue weighted by atomic mass is 9.99. The SMILES string of the molecule is Cc1ccc(C)c(S(=O)(=O)N2CCC[C@@H](C(=O)NCc3ccco3)C2)c1. The smallest absolute Gasteiger partial charge is 0.243 e. The van der Waals surface area contributed by atoms with Crippen molar-refractivity contribution in [3.8, 4) is 0 Å².